The molecule has 0 aliphatic carbocycles. The Morgan fingerprint density at radius 3 is 2.24 bits per heavy atom. The SMILES string of the molecule is Cc1cc(C)c(B2c3ccccc3Oc3c2cccc3N(c2cccc(N3CN(C)C=N3)c2)c2ccc3c4ccccc4n(-c4ccccn4)c3c2)c(C)c1. The average molecular weight is 715 g/mol. The summed E-state index contributed by atoms with van der Waals surface area (Å²) in [7, 11) is 2.04. The Bertz CT molecular complexity index is 2790. The van der Waals surface area contributed by atoms with E-state index >= 15 is 0 Å². The van der Waals surface area contributed by atoms with Crippen LogP contribution in [0.2, 0.25) is 0 Å². The summed E-state index contributed by atoms with van der Waals surface area (Å²) >= 11 is 0. The van der Waals surface area contributed by atoms with Crippen molar-refractivity contribution in [1.29, 1.82) is 0 Å². The van der Waals surface area contributed by atoms with Gasteiger partial charge >= 0.3 is 0 Å². The lowest BCUT2D eigenvalue weighted by Crippen LogP contribution is -2.56. The summed E-state index contributed by atoms with van der Waals surface area (Å²) in [5.74, 6) is 2.60. The summed E-state index contributed by atoms with van der Waals surface area (Å²) in [6.07, 6.45) is 3.72. The number of hydrogen-bond donors (Lipinski definition) is 0. The molecule has 55 heavy (non-hydrogen) atoms. The molecule has 8 heteroatoms. The van der Waals surface area contributed by atoms with Crippen LogP contribution in [0.15, 0.2) is 151 Å². The number of fused-ring (bicyclic) bond motifs is 5. The second kappa shape index (κ2) is 13.0. The molecule has 0 atom stereocenters. The first-order valence-electron chi connectivity index (χ1n) is 18.8. The number of benzene rings is 6. The molecular weight excluding hydrogens is 675 g/mol. The summed E-state index contributed by atoms with van der Waals surface area (Å²) < 4.78 is 9.33. The molecule has 0 unspecified atom stereocenters. The fourth-order valence-corrected chi connectivity index (χ4v) is 8.74. The van der Waals surface area contributed by atoms with Crippen molar-refractivity contribution in [3.63, 3.8) is 0 Å². The maximum absolute atomic E-state index is 7.06. The van der Waals surface area contributed by atoms with Gasteiger partial charge in [-0.25, -0.2) is 9.99 Å². The predicted molar refractivity (Wildman–Crippen MR) is 229 cm³/mol. The number of aromatic nitrogens is 2. The van der Waals surface area contributed by atoms with Gasteiger partial charge in [0, 0.05) is 35.4 Å². The molecule has 0 amide bonds. The lowest BCUT2D eigenvalue weighted by molar-refractivity contribution is 0.488. The van der Waals surface area contributed by atoms with E-state index in [-0.39, 0.29) is 6.71 Å². The zero-order valence-electron chi connectivity index (χ0n) is 31.3. The average Bonchev–Trinajstić information content (AvgIpc) is 3.79. The molecule has 2 aromatic heterocycles. The van der Waals surface area contributed by atoms with E-state index in [0.717, 1.165) is 56.6 Å². The van der Waals surface area contributed by atoms with Gasteiger partial charge in [-0.1, -0.05) is 101 Å². The van der Waals surface area contributed by atoms with E-state index in [2.05, 4.69) is 168 Å². The molecular formula is C47H39BN6O. The van der Waals surface area contributed by atoms with Gasteiger partial charge in [0.05, 0.1) is 22.4 Å². The minimum atomic E-state index is -0.00248. The Kier molecular flexibility index (Phi) is 7.73. The molecule has 2 aliphatic heterocycles. The number of nitrogens with zero attached hydrogens (tertiary/aromatic N) is 6. The van der Waals surface area contributed by atoms with E-state index in [0.29, 0.717) is 6.67 Å². The topological polar surface area (TPSA) is 49.1 Å². The van der Waals surface area contributed by atoms with E-state index in [1.807, 2.05) is 36.7 Å². The van der Waals surface area contributed by atoms with Crippen LogP contribution in [0.5, 0.6) is 11.5 Å². The zero-order valence-corrected chi connectivity index (χ0v) is 31.3. The van der Waals surface area contributed by atoms with Crippen molar-refractivity contribution in [2.75, 3.05) is 23.6 Å². The molecule has 0 N–H and O–H groups in total. The quantitative estimate of drug-likeness (QED) is 0.161. The highest BCUT2D eigenvalue weighted by molar-refractivity contribution is 6.97. The Labute approximate surface area is 321 Å². The first-order valence-corrected chi connectivity index (χ1v) is 18.8. The lowest BCUT2D eigenvalue weighted by Gasteiger charge is -2.34. The van der Waals surface area contributed by atoms with Gasteiger partial charge < -0.3 is 14.5 Å². The van der Waals surface area contributed by atoms with Crippen LogP contribution in [0.4, 0.5) is 22.7 Å². The molecule has 10 rings (SSSR count). The number of hydrogen-bond acceptors (Lipinski definition) is 6. The van der Waals surface area contributed by atoms with Crippen LogP contribution in [0.25, 0.3) is 27.6 Å². The largest absolute Gasteiger partial charge is 0.456 e. The number of anilines is 4. The van der Waals surface area contributed by atoms with Crippen LogP contribution in [0.3, 0.4) is 0 Å². The van der Waals surface area contributed by atoms with E-state index in [1.54, 1.807) is 0 Å². The molecule has 4 heterocycles. The van der Waals surface area contributed by atoms with Gasteiger partial charge in [0.25, 0.3) is 6.71 Å². The third kappa shape index (κ3) is 5.44. The normalized spacial score (nSPS) is 13.3. The molecule has 0 spiro atoms. The van der Waals surface area contributed by atoms with Crippen molar-refractivity contribution >= 4 is 74.0 Å². The molecule has 8 aromatic rings. The predicted octanol–water partition coefficient (Wildman–Crippen LogP) is 8.85. The molecule has 0 bridgehead atoms. The third-order valence-corrected chi connectivity index (χ3v) is 11.0. The molecule has 6 aromatic carbocycles. The Morgan fingerprint density at radius 1 is 0.673 bits per heavy atom. The van der Waals surface area contributed by atoms with E-state index in [4.69, 9.17) is 9.72 Å². The second-order valence-corrected chi connectivity index (χ2v) is 14.7. The molecule has 2 aliphatic rings. The molecule has 7 nitrogen and oxygen atoms in total. The Morgan fingerprint density at radius 2 is 1.42 bits per heavy atom. The first kappa shape index (κ1) is 32.8. The first-order chi connectivity index (χ1) is 26.9. The van der Waals surface area contributed by atoms with Gasteiger partial charge in [0.2, 0.25) is 0 Å². The van der Waals surface area contributed by atoms with Crippen molar-refractivity contribution < 1.29 is 4.74 Å². The van der Waals surface area contributed by atoms with Crippen molar-refractivity contribution in [2.45, 2.75) is 20.8 Å². The maximum Gasteiger partial charge on any atom is 0.251 e. The third-order valence-electron chi connectivity index (χ3n) is 11.0. The smallest absolute Gasteiger partial charge is 0.251 e. The second-order valence-electron chi connectivity index (χ2n) is 14.7. The van der Waals surface area contributed by atoms with E-state index < -0.39 is 0 Å². The summed E-state index contributed by atoms with van der Waals surface area (Å²) in [5, 5.41) is 9.06. The van der Waals surface area contributed by atoms with Gasteiger partial charge in [-0.2, -0.15) is 5.10 Å². The van der Waals surface area contributed by atoms with Gasteiger partial charge in [-0.15, -0.1) is 0 Å². The molecule has 0 fully saturated rings. The minimum absolute atomic E-state index is 0.00248. The van der Waals surface area contributed by atoms with Crippen LogP contribution in [0.1, 0.15) is 16.7 Å². The van der Waals surface area contributed by atoms with Gasteiger partial charge in [0.15, 0.2) is 0 Å². The fraction of sp³-hybridized carbons (Fsp3) is 0.106. The van der Waals surface area contributed by atoms with Gasteiger partial charge in [-0.05, 0) is 92.4 Å². The van der Waals surface area contributed by atoms with Crippen molar-refractivity contribution in [3.8, 4) is 17.3 Å². The summed E-state index contributed by atoms with van der Waals surface area (Å²) in [6, 6.07) is 49.7. The van der Waals surface area contributed by atoms with Crippen molar-refractivity contribution in [2.24, 2.45) is 5.10 Å². The number of para-hydroxylation sites is 3. The lowest BCUT2D eigenvalue weighted by atomic mass is 9.34. The summed E-state index contributed by atoms with van der Waals surface area (Å²) in [4.78, 5) is 9.23. The van der Waals surface area contributed by atoms with Crippen LogP contribution in [-0.2, 0) is 0 Å². The Balaban J connectivity index is 1.23. The Hall–Kier alpha value is -6.80. The highest BCUT2D eigenvalue weighted by atomic mass is 16.5. The molecule has 0 saturated carbocycles. The molecule has 0 saturated heterocycles. The molecule has 0 radical (unpaired) electrons. The summed E-state index contributed by atoms with van der Waals surface area (Å²) in [6.45, 7) is 7.33. The van der Waals surface area contributed by atoms with Crippen molar-refractivity contribution in [3.05, 3.63) is 162 Å². The van der Waals surface area contributed by atoms with E-state index in [9.17, 15) is 0 Å². The van der Waals surface area contributed by atoms with Crippen LogP contribution < -0.4 is 31.0 Å². The number of pyridine rings is 1. The monoisotopic (exact) mass is 714 g/mol. The van der Waals surface area contributed by atoms with Crippen LogP contribution in [-0.4, -0.2) is 41.2 Å². The summed E-state index contributed by atoms with van der Waals surface area (Å²) in [5.41, 5.74) is 13.6. The van der Waals surface area contributed by atoms with Gasteiger partial charge in [0.1, 0.15) is 30.3 Å². The number of rotatable bonds is 6. The van der Waals surface area contributed by atoms with Crippen LogP contribution in [0, 0.1) is 20.8 Å². The van der Waals surface area contributed by atoms with Crippen LogP contribution >= 0.6 is 0 Å². The van der Waals surface area contributed by atoms with Gasteiger partial charge in [-0.3, -0.25) is 4.57 Å². The number of hydrazone groups is 1. The zero-order chi connectivity index (χ0) is 37.2. The number of aryl methyl sites for hydroxylation is 3. The standard InChI is InChI=1S/C47H39BN6O/c1-31-25-32(2)46(33(3)26-31)48-39-16-6-8-20-44(39)55-47-40(48)17-12-19-42(47)53(35-14-11-13-34(27-35)52-30-51(4)29-50-52)36-22-23-38-37-15-5-7-18-41(37)54(43(38)28-36)45-21-9-10-24-49-45/h5-29H,30H2,1-4H3. The molecule has 266 valence electrons. The maximum atomic E-state index is 7.06. The van der Waals surface area contributed by atoms with Crippen molar-refractivity contribution in [1.82, 2.24) is 14.5 Å². The highest BCUT2D eigenvalue weighted by Gasteiger charge is 2.36. The highest BCUT2D eigenvalue weighted by Crippen LogP contribution is 2.45. The minimum Gasteiger partial charge on any atom is -0.456 e. The number of ether oxygens (including phenoxy) is 1. The van der Waals surface area contributed by atoms with E-state index in [1.165, 1.54) is 38.4 Å². The fourth-order valence-electron chi connectivity index (χ4n) is 8.74.